The van der Waals surface area contributed by atoms with Crippen LogP contribution in [-0.4, -0.2) is 9.97 Å². The summed E-state index contributed by atoms with van der Waals surface area (Å²) < 4.78 is 4.91. The third-order valence-electron chi connectivity index (χ3n) is 2.56. The van der Waals surface area contributed by atoms with E-state index >= 15 is 0 Å². The lowest BCUT2D eigenvalue weighted by Crippen LogP contribution is -2.41. The molecule has 4 N–H and O–H groups in total. The van der Waals surface area contributed by atoms with Crippen molar-refractivity contribution in [1.29, 1.82) is 15.8 Å². The number of allylic oxidation sites excluding steroid dienone is 1. The summed E-state index contributed by atoms with van der Waals surface area (Å²) in [5, 5.41) is 27.4. The van der Waals surface area contributed by atoms with E-state index in [9.17, 15) is 20.1 Å². The first kappa shape index (κ1) is 12.0. The van der Waals surface area contributed by atoms with Crippen molar-refractivity contribution in [3.05, 3.63) is 37.9 Å². The number of ether oxygens (including phenoxy) is 1. The summed E-state index contributed by atoms with van der Waals surface area (Å²) in [6, 6.07) is 4.71. The van der Waals surface area contributed by atoms with Gasteiger partial charge in [-0.1, -0.05) is 0 Å². The third-order valence-corrected chi connectivity index (χ3v) is 2.56. The fraction of sp³-hybridized carbons (Fsp3) is 0.100. The Morgan fingerprint density at radius 2 is 1.79 bits per heavy atom. The molecule has 19 heavy (non-hydrogen) atoms. The Labute approximate surface area is 104 Å². The van der Waals surface area contributed by atoms with E-state index < -0.39 is 39.6 Å². The second-order valence-electron chi connectivity index (χ2n) is 3.54. The van der Waals surface area contributed by atoms with Gasteiger partial charge in [0, 0.05) is 0 Å². The minimum absolute atomic E-state index is 0.423. The molecule has 2 heterocycles. The molecule has 0 spiro atoms. The zero-order valence-corrected chi connectivity index (χ0v) is 9.14. The molecule has 1 aliphatic rings. The van der Waals surface area contributed by atoms with Gasteiger partial charge >= 0.3 is 5.69 Å². The van der Waals surface area contributed by atoms with Crippen LogP contribution >= 0.6 is 0 Å². The molecule has 9 heteroatoms. The van der Waals surface area contributed by atoms with Gasteiger partial charge in [-0.05, 0) is 0 Å². The van der Waals surface area contributed by atoms with Gasteiger partial charge in [0.15, 0.2) is 0 Å². The number of rotatable bonds is 0. The van der Waals surface area contributed by atoms with Crippen molar-refractivity contribution in [1.82, 2.24) is 9.97 Å². The van der Waals surface area contributed by atoms with E-state index in [0.29, 0.717) is 0 Å². The number of nitriles is 3. The Balaban J connectivity index is 3.01. The molecule has 0 fully saturated rings. The first-order valence-electron chi connectivity index (χ1n) is 4.78. The van der Waals surface area contributed by atoms with Gasteiger partial charge in [-0.3, -0.25) is 14.8 Å². The fourth-order valence-electron chi connectivity index (χ4n) is 1.74. The molecule has 1 aliphatic heterocycles. The number of nitrogens with zero attached hydrogens (tertiary/aromatic N) is 3. The molecule has 0 saturated heterocycles. The smallest absolute Gasteiger partial charge is 0.328 e. The van der Waals surface area contributed by atoms with E-state index in [4.69, 9.17) is 15.7 Å². The Bertz CT molecular complexity index is 824. The predicted octanol–water partition coefficient (Wildman–Crippen LogP) is -1.57. The third kappa shape index (κ3) is 1.38. The highest BCUT2D eigenvalue weighted by atomic mass is 16.5. The van der Waals surface area contributed by atoms with Crippen molar-refractivity contribution in [3.8, 4) is 24.1 Å². The molecule has 0 aliphatic carbocycles. The molecule has 1 aromatic rings. The Morgan fingerprint density at radius 1 is 1.16 bits per heavy atom. The molecule has 1 aromatic heterocycles. The lowest BCUT2D eigenvalue weighted by Gasteiger charge is -2.25. The van der Waals surface area contributed by atoms with Gasteiger partial charge < -0.3 is 10.5 Å². The zero-order chi connectivity index (χ0) is 14.2. The number of nitrogens with two attached hydrogens (primary N) is 1. The van der Waals surface area contributed by atoms with Crippen LogP contribution in [0.3, 0.4) is 0 Å². The highest BCUT2D eigenvalue weighted by Crippen LogP contribution is 2.38. The van der Waals surface area contributed by atoms with Crippen molar-refractivity contribution in [3.63, 3.8) is 0 Å². The molecule has 0 amide bonds. The van der Waals surface area contributed by atoms with Crippen molar-refractivity contribution in [2.75, 3.05) is 0 Å². The van der Waals surface area contributed by atoms with Crippen LogP contribution in [0.5, 0.6) is 5.88 Å². The number of fused-ring (bicyclic) bond motifs is 1. The summed E-state index contributed by atoms with van der Waals surface area (Å²) in [6.45, 7) is 0. The molecule has 0 bridgehead atoms. The summed E-state index contributed by atoms with van der Waals surface area (Å²) in [5.41, 5.74) is 0.359. The van der Waals surface area contributed by atoms with Crippen molar-refractivity contribution in [2.45, 2.75) is 5.41 Å². The summed E-state index contributed by atoms with van der Waals surface area (Å²) >= 11 is 0. The molecular formula is C10H4N6O3. The summed E-state index contributed by atoms with van der Waals surface area (Å²) in [7, 11) is 0. The van der Waals surface area contributed by atoms with E-state index in [0.717, 1.165) is 0 Å². The molecule has 0 unspecified atom stereocenters. The first-order chi connectivity index (χ1) is 9.00. The topological polar surface area (TPSA) is 172 Å². The van der Waals surface area contributed by atoms with E-state index in [2.05, 4.69) is 4.98 Å². The van der Waals surface area contributed by atoms with Gasteiger partial charge in [0.1, 0.15) is 17.2 Å². The molecule has 0 saturated carbocycles. The Kier molecular flexibility index (Phi) is 2.37. The second-order valence-corrected chi connectivity index (χ2v) is 3.54. The lowest BCUT2D eigenvalue weighted by molar-refractivity contribution is 0.366. The standard InChI is InChI=1S/C10H4N6O3/c11-1-4-6(14)19-8-5(10(4,2-12)3-13)7(17)15-9(18)16-8/h14H2,(H2,15,16,17,18). The molecule has 0 radical (unpaired) electrons. The van der Waals surface area contributed by atoms with E-state index in [-0.39, 0.29) is 0 Å². The van der Waals surface area contributed by atoms with Gasteiger partial charge in [-0.25, -0.2) is 4.79 Å². The quantitative estimate of drug-likeness (QED) is 0.502. The van der Waals surface area contributed by atoms with Crippen LogP contribution in [0.4, 0.5) is 0 Å². The highest BCUT2D eigenvalue weighted by Gasteiger charge is 2.48. The van der Waals surface area contributed by atoms with Crippen LogP contribution < -0.4 is 21.7 Å². The fourth-order valence-corrected chi connectivity index (χ4v) is 1.74. The summed E-state index contributed by atoms with van der Waals surface area (Å²) in [6.07, 6.45) is 0. The number of H-pyrrole nitrogens is 2. The Morgan fingerprint density at radius 3 is 2.32 bits per heavy atom. The van der Waals surface area contributed by atoms with Crippen molar-refractivity contribution >= 4 is 0 Å². The number of nitrogens with one attached hydrogen (secondary N) is 2. The second kappa shape index (κ2) is 3.76. The molecule has 9 nitrogen and oxygen atoms in total. The van der Waals surface area contributed by atoms with Gasteiger partial charge in [-0.15, -0.1) is 0 Å². The van der Waals surface area contributed by atoms with Crippen molar-refractivity contribution < 1.29 is 4.74 Å². The average Bonchev–Trinajstić information content (AvgIpc) is 2.36. The van der Waals surface area contributed by atoms with Crippen LogP contribution in [0.2, 0.25) is 0 Å². The van der Waals surface area contributed by atoms with Crippen LogP contribution in [0.1, 0.15) is 5.56 Å². The van der Waals surface area contributed by atoms with Gasteiger partial charge in [0.05, 0.1) is 12.1 Å². The van der Waals surface area contributed by atoms with Crippen LogP contribution in [0, 0.1) is 34.0 Å². The summed E-state index contributed by atoms with van der Waals surface area (Å²) in [4.78, 5) is 26.9. The van der Waals surface area contributed by atoms with E-state index in [1.54, 1.807) is 18.2 Å². The highest BCUT2D eigenvalue weighted by molar-refractivity contribution is 5.61. The van der Waals surface area contributed by atoms with Crippen LogP contribution in [0.15, 0.2) is 21.0 Å². The largest absolute Gasteiger partial charge is 0.423 e. The lowest BCUT2D eigenvalue weighted by atomic mass is 9.77. The minimum Gasteiger partial charge on any atom is -0.423 e. The van der Waals surface area contributed by atoms with Gasteiger partial charge in [0.25, 0.3) is 5.56 Å². The van der Waals surface area contributed by atoms with Gasteiger partial charge in [-0.2, -0.15) is 15.8 Å². The minimum atomic E-state index is -2.22. The maximum atomic E-state index is 11.8. The van der Waals surface area contributed by atoms with Crippen LogP contribution in [0.25, 0.3) is 0 Å². The number of hydrogen-bond acceptors (Lipinski definition) is 7. The van der Waals surface area contributed by atoms with E-state index in [1.165, 1.54) is 0 Å². The Hall–Kier alpha value is -3.51. The monoisotopic (exact) mass is 256 g/mol. The van der Waals surface area contributed by atoms with Gasteiger partial charge in [0.2, 0.25) is 17.2 Å². The molecule has 2 rings (SSSR count). The average molecular weight is 256 g/mol. The SMILES string of the molecule is N#CC1=C(N)Oc2[nH]c(=O)[nH]c(=O)c2C1(C#N)C#N. The summed E-state index contributed by atoms with van der Waals surface area (Å²) in [5.74, 6) is -0.937. The molecule has 0 aromatic carbocycles. The number of aromatic amines is 2. The molecule has 92 valence electrons. The molecule has 0 atom stereocenters. The zero-order valence-electron chi connectivity index (χ0n) is 9.14. The first-order valence-corrected chi connectivity index (χ1v) is 4.78. The van der Waals surface area contributed by atoms with E-state index in [1.807, 2.05) is 4.98 Å². The normalized spacial score (nSPS) is 15.4. The molecular weight excluding hydrogens is 252 g/mol. The predicted molar refractivity (Wildman–Crippen MR) is 58.0 cm³/mol. The number of aromatic nitrogens is 2. The van der Waals surface area contributed by atoms with Crippen molar-refractivity contribution in [2.24, 2.45) is 5.73 Å². The maximum Gasteiger partial charge on any atom is 0.328 e. The number of hydrogen-bond donors (Lipinski definition) is 3. The maximum absolute atomic E-state index is 11.8. The van der Waals surface area contributed by atoms with Crippen LogP contribution in [-0.2, 0) is 5.41 Å².